The second-order valence-electron chi connectivity index (χ2n) is 13.3. The maximum atomic E-state index is 14.6. The number of rotatable bonds is 6. The van der Waals surface area contributed by atoms with Crippen LogP contribution < -0.4 is 4.31 Å². The summed E-state index contributed by atoms with van der Waals surface area (Å²) in [5, 5.41) is 0. The number of Topliss-reactive ketones (excluding diaryl/α,β-unsaturated/α-hetero) is 1. The summed E-state index contributed by atoms with van der Waals surface area (Å²) in [6.45, 7) is 15.7. The number of hydrogen-bond donors (Lipinski definition) is 0. The van der Waals surface area contributed by atoms with E-state index in [0.29, 0.717) is 5.69 Å². The summed E-state index contributed by atoms with van der Waals surface area (Å²) in [6, 6.07) is 13.6. The molecule has 1 heterocycles. The van der Waals surface area contributed by atoms with Crippen LogP contribution in [0.4, 0.5) is 5.69 Å². The highest BCUT2D eigenvalue weighted by Gasteiger charge is 2.70. The highest BCUT2D eigenvalue weighted by atomic mass is 32.2. The molecule has 2 aromatic rings. The van der Waals surface area contributed by atoms with E-state index in [1.807, 2.05) is 39.0 Å². The van der Waals surface area contributed by atoms with E-state index < -0.39 is 51.5 Å². The van der Waals surface area contributed by atoms with Crippen LogP contribution in [0.5, 0.6) is 0 Å². The number of esters is 1. The molecule has 0 radical (unpaired) electrons. The van der Waals surface area contributed by atoms with Gasteiger partial charge >= 0.3 is 5.97 Å². The van der Waals surface area contributed by atoms with Gasteiger partial charge in [0.15, 0.2) is 5.78 Å². The van der Waals surface area contributed by atoms with Gasteiger partial charge in [-0.05, 0) is 87.3 Å². The van der Waals surface area contributed by atoms with Crippen LogP contribution in [0.15, 0.2) is 53.4 Å². The summed E-state index contributed by atoms with van der Waals surface area (Å²) in [5.41, 5.74) is 1.61. The van der Waals surface area contributed by atoms with E-state index in [0.717, 1.165) is 24.0 Å². The maximum absolute atomic E-state index is 14.6. The van der Waals surface area contributed by atoms with Crippen molar-refractivity contribution < 1.29 is 27.5 Å². The van der Waals surface area contributed by atoms with E-state index in [-0.39, 0.29) is 28.1 Å². The molecule has 41 heavy (non-hydrogen) atoms. The number of carbonyl (C=O) groups is 2. The van der Waals surface area contributed by atoms with Crippen LogP contribution >= 0.6 is 0 Å². The van der Waals surface area contributed by atoms with Crippen LogP contribution in [0.2, 0.25) is 0 Å². The van der Waals surface area contributed by atoms with Gasteiger partial charge < -0.3 is 9.47 Å². The molecule has 3 aliphatic rings. The number of ketones is 1. The third-order valence-electron chi connectivity index (χ3n) is 10.6. The van der Waals surface area contributed by atoms with Gasteiger partial charge in [0.1, 0.15) is 12.0 Å². The normalized spacial score (nSPS) is 34.4. The molecule has 2 bridgehead atoms. The number of carbonyl (C=O) groups excluding carboxylic acids is 2. The molecule has 8 atom stereocenters. The monoisotopic (exact) mass is 581 g/mol. The number of sulfonamides is 1. The average Bonchev–Trinajstić information content (AvgIpc) is 3.20. The average molecular weight is 582 g/mol. The molecule has 1 aliphatic heterocycles. The van der Waals surface area contributed by atoms with E-state index in [1.54, 1.807) is 44.2 Å². The number of fused-ring (bicyclic) bond motifs is 2. The minimum atomic E-state index is -4.05. The molecule has 222 valence electrons. The number of benzene rings is 2. The van der Waals surface area contributed by atoms with E-state index in [2.05, 4.69) is 20.8 Å². The lowest BCUT2D eigenvalue weighted by molar-refractivity contribution is -0.180. The van der Waals surface area contributed by atoms with Crippen molar-refractivity contribution in [3.05, 3.63) is 59.7 Å². The smallest absolute Gasteiger partial charge is 0.319 e. The molecule has 8 heteroatoms. The second-order valence-corrected chi connectivity index (χ2v) is 15.1. The van der Waals surface area contributed by atoms with Crippen molar-refractivity contribution in [3.8, 4) is 0 Å². The fourth-order valence-electron chi connectivity index (χ4n) is 7.78. The van der Waals surface area contributed by atoms with E-state index in [1.165, 1.54) is 4.31 Å². The summed E-state index contributed by atoms with van der Waals surface area (Å²) in [5.74, 6) is -2.36. The molecule has 0 spiro atoms. The van der Waals surface area contributed by atoms with Gasteiger partial charge in [0, 0.05) is 11.3 Å². The van der Waals surface area contributed by atoms with E-state index in [9.17, 15) is 18.0 Å². The SMILES string of the molecule is Cc1cc(C)cc(N([C@@H]2[C@H]3CC[C@@](C)([C@@H]2OC(=O)[C@H]2C(=O)[C@@H](C)[C@H](C)O[C@@H]2C)C3(C)C)S(=O)(=O)c2ccccc2)c1. The number of anilines is 1. The molecule has 2 aliphatic carbocycles. The predicted molar refractivity (Wildman–Crippen MR) is 158 cm³/mol. The van der Waals surface area contributed by atoms with Crippen molar-refractivity contribution in [1.29, 1.82) is 0 Å². The first kappa shape index (κ1) is 29.8. The second kappa shape index (κ2) is 10.2. The van der Waals surface area contributed by atoms with Gasteiger partial charge in [-0.15, -0.1) is 0 Å². The van der Waals surface area contributed by atoms with Gasteiger partial charge in [0.05, 0.1) is 28.8 Å². The predicted octanol–water partition coefficient (Wildman–Crippen LogP) is 5.86. The van der Waals surface area contributed by atoms with Gasteiger partial charge in [-0.3, -0.25) is 13.9 Å². The van der Waals surface area contributed by atoms with Crippen LogP contribution in [0.1, 0.15) is 65.5 Å². The third kappa shape index (κ3) is 4.62. The Labute approximate surface area is 244 Å². The minimum Gasteiger partial charge on any atom is -0.459 e. The fourth-order valence-corrected chi connectivity index (χ4v) is 9.47. The molecular formula is C33H43NO6S. The molecule has 5 rings (SSSR count). The van der Waals surface area contributed by atoms with Crippen molar-refractivity contribution in [2.24, 2.45) is 28.6 Å². The largest absolute Gasteiger partial charge is 0.459 e. The lowest BCUT2D eigenvalue weighted by Crippen LogP contribution is -2.56. The molecule has 3 fully saturated rings. The maximum Gasteiger partial charge on any atom is 0.319 e. The number of ether oxygens (including phenoxy) is 2. The van der Waals surface area contributed by atoms with Crippen LogP contribution in [-0.2, 0) is 29.1 Å². The van der Waals surface area contributed by atoms with Gasteiger partial charge in [-0.1, -0.05) is 52.0 Å². The zero-order valence-corrected chi connectivity index (χ0v) is 26.2. The zero-order valence-electron chi connectivity index (χ0n) is 25.4. The third-order valence-corrected chi connectivity index (χ3v) is 12.5. The van der Waals surface area contributed by atoms with Crippen molar-refractivity contribution in [2.75, 3.05) is 4.31 Å². The Morgan fingerprint density at radius 2 is 1.59 bits per heavy atom. The molecular weight excluding hydrogens is 538 g/mol. The number of hydrogen-bond acceptors (Lipinski definition) is 6. The highest BCUT2D eigenvalue weighted by Crippen LogP contribution is 2.68. The highest BCUT2D eigenvalue weighted by molar-refractivity contribution is 7.92. The Kier molecular flexibility index (Phi) is 7.43. The lowest BCUT2D eigenvalue weighted by Gasteiger charge is -2.44. The van der Waals surface area contributed by atoms with Crippen LogP contribution in [0.25, 0.3) is 0 Å². The van der Waals surface area contributed by atoms with Crippen LogP contribution in [0.3, 0.4) is 0 Å². The fraction of sp³-hybridized carbons (Fsp3) is 0.576. The van der Waals surface area contributed by atoms with E-state index in [4.69, 9.17) is 9.47 Å². The first-order valence-electron chi connectivity index (χ1n) is 14.7. The van der Waals surface area contributed by atoms with Crippen LogP contribution in [-0.4, -0.2) is 44.5 Å². The first-order chi connectivity index (χ1) is 19.1. The van der Waals surface area contributed by atoms with Crippen molar-refractivity contribution >= 4 is 27.5 Å². The van der Waals surface area contributed by atoms with E-state index >= 15 is 0 Å². The summed E-state index contributed by atoms with van der Waals surface area (Å²) in [4.78, 5) is 27.4. The molecule has 7 nitrogen and oxygen atoms in total. The molecule has 2 saturated carbocycles. The number of nitrogens with zero attached hydrogens (tertiary/aromatic N) is 1. The van der Waals surface area contributed by atoms with Crippen molar-refractivity contribution in [2.45, 2.75) is 97.5 Å². The van der Waals surface area contributed by atoms with Gasteiger partial charge in [0.2, 0.25) is 0 Å². The summed E-state index contributed by atoms with van der Waals surface area (Å²) < 4.78 is 43.0. The summed E-state index contributed by atoms with van der Waals surface area (Å²) in [7, 11) is -4.05. The molecule has 0 N–H and O–H groups in total. The Hall–Kier alpha value is -2.71. The Balaban J connectivity index is 1.65. The molecule has 0 unspecified atom stereocenters. The molecule has 0 amide bonds. The molecule has 1 saturated heterocycles. The minimum absolute atomic E-state index is 0.0701. The van der Waals surface area contributed by atoms with Crippen LogP contribution in [0, 0.1) is 42.4 Å². The quantitative estimate of drug-likeness (QED) is 0.313. The van der Waals surface area contributed by atoms with Crippen molar-refractivity contribution in [3.63, 3.8) is 0 Å². The first-order valence-corrected chi connectivity index (χ1v) is 16.1. The molecule has 2 aromatic carbocycles. The van der Waals surface area contributed by atoms with Gasteiger partial charge in [0.25, 0.3) is 10.0 Å². The Morgan fingerprint density at radius 3 is 2.20 bits per heavy atom. The number of aryl methyl sites for hydroxylation is 2. The molecule has 0 aromatic heterocycles. The lowest BCUT2D eigenvalue weighted by atomic mass is 9.70. The summed E-state index contributed by atoms with van der Waals surface area (Å²) >= 11 is 0. The Morgan fingerprint density at radius 1 is 0.976 bits per heavy atom. The standard InChI is InChI=1S/C33H43NO6S/c1-19-16-20(2)18-24(17-19)34(41(37,38)25-12-10-9-11-13-25)28-26-14-15-33(8,32(26,6)7)30(28)40-31(36)27-23(5)39-22(4)21(3)29(27)35/h9-13,16-18,21-23,26-28,30H,14-15H2,1-8H3/t21-,22-,23+,26+,27+,28+,30+,33-/m0/s1. The topological polar surface area (TPSA) is 90.0 Å². The summed E-state index contributed by atoms with van der Waals surface area (Å²) in [6.07, 6.45) is -0.0577. The van der Waals surface area contributed by atoms with Gasteiger partial charge in [-0.25, -0.2) is 8.42 Å². The van der Waals surface area contributed by atoms with Gasteiger partial charge in [-0.2, -0.15) is 0 Å². The van der Waals surface area contributed by atoms with Crippen molar-refractivity contribution in [1.82, 2.24) is 0 Å². The zero-order chi connectivity index (χ0) is 30.1. The Bertz CT molecular complexity index is 1430.